The molecule has 1 N–H and O–H groups in total. The molecule has 8 heteroatoms. The van der Waals surface area contributed by atoms with Crippen LogP contribution < -0.4 is 5.32 Å². The van der Waals surface area contributed by atoms with Crippen LogP contribution >= 0.6 is 0 Å². The minimum Gasteiger partial charge on any atom is -0.466 e. The quantitative estimate of drug-likeness (QED) is 0.942. The molecule has 0 atom stereocenters. The summed E-state index contributed by atoms with van der Waals surface area (Å²) >= 11 is 0. The van der Waals surface area contributed by atoms with E-state index in [4.69, 9.17) is 4.42 Å². The van der Waals surface area contributed by atoms with Crippen LogP contribution in [-0.2, 0) is 17.4 Å². The molecule has 0 saturated heterocycles. The Labute approximate surface area is 118 Å². The number of aromatic nitrogens is 2. The van der Waals surface area contributed by atoms with Crippen LogP contribution in [0.4, 0.5) is 19.0 Å². The Bertz CT molecular complexity index is 620. The van der Waals surface area contributed by atoms with E-state index in [9.17, 15) is 18.0 Å². The highest BCUT2D eigenvalue weighted by Gasteiger charge is 2.32. The summed E-state index contributed by atoms with van der Waals surface area (Å²) in [5.74, 6) is 1.02. The number of rotatable bonds is 4. The van der Waals surface area contributed by atoms with Crippen molar-refractivity contribution < 1.29 is 22.4 Å². The fourth-order valence-corrected chi connectivity index (χ4v) is 1.60. The molecule has 0 bridgehead atoms. The summed E-state index contributed by atoms with van der Waals surface area (Å²) in [6.45, 7) is 1.79. The lowest BCUT2D eigenvalue weighted by Crippen LogP contribution is -2.15. The van der Waals surface area contributed by atoms with Gasteiger partial charge in [-0.15, -0.1) is 0 Å². The van der Waals surface area contributed by atoms with Gasteiger partial charge in [0.25, 0.3) is 0 Å². The molecule has 2 aromatic heterocycles. The van der Waals surface area contributed by atoms with Gasteiger partial charge in [-0.1, -0.05) is 0 Å². The maximum absolute atomic E-state index is 12.3. The summed E-state index contributed by atoms with van der Waals surface area (Å²) in [5.41, 5.74) is -1.11. The summed E-state index contributed by atoms with van der Waals surface area (Å²) in [7, 11) is 0. The van der Waals surface area contributed by atoms with Crippen LogP contribution in [0.2, 0.25) is 0 Å². The third-order valence-corrected chi connectivity index (χ3v) is 2.60. The molecule has 2 aromatic rings. The lowest BCUT2D eigenvalue weighted by molar-refractivity contribution is -0.141. The highest BCUT2D eigenvalue weighted by molar-refractivity contribution is 5.89. The molecule has 0 aromatic carbocycles. The van der Waals surface area contributed by atoms with Crippen LogP contribution in [0, 0.1) is 6.92 Å². The zero-order chi connectivity index (χ0) is 15.5. The zero-order valence-corrected chi connectivity index (χ0v) is 11.1. The second-order valence-electron chi connectivity index (χ2n) is 4.35. The van der Waals surface area contributed by atoms with E-state index in [-0.39, 0.29) is 18.1 Å². The first kappa shape index (κ1) is 15.0. The molecule has 0 fully saturated rings. The molecule has 21 heavy (non-hydrogen) atoms. The van der Waals surface area contributed by atoms with Gasteiger partial charge in [0.15, 0.2) is 11.5 Å². The number of alkyl halides is 3. The van der Waals surface area contributed by atoms with Crippen molar-refractivity contribution in [2.75, 3.05) is 5.32 Å². The number of carbonyl (C=O) groups is 1. The lowest BCUT2D eigenvalue weighted by atomic mass is 10.2. The number of anilines is 1. The maximum atomic E-state index is 12.3. The normalized spacial score (nSPS) is 11.4. The molecule has 1 amide bonds. The van der Waals surface area contributed by atoms with Gasteiger partial charge >= 0.3 is 6.18 Å². The molecule has 112 valence electrons. The second-order valence-corrected chi connectivity index (χ2v) is 4.35. The van der Waals surface area contributed by atoms with E-state index >= 15 is 0 Å². The molecule has 0 spiro atoms. The van der Waals surface area contributed by atoms with Gasteiger partial charge in [0.05, 0.1) is 12.4 Å². The van der Waals surface area contributed by atoms with E-state index in [1.807, 2.05) is 0 Å². The Morgan fingerprint density at radius 1 is 1.29 bits per heavy atom. The minimum atomic E-state index is -4.55. The highest BCUT2D eigenvalue weighted by atomic mass is 19.4. The van der Waals surface area contributed by atoms with Crippen molar-refractivity contribution in [1.29, 1.82) is 0 Å². The Hall–Kier alpha value is -2.38. The van der Waals surface area contributed by atoms with Crippen molar-refractivity contribution in [3.63, 3.8) is 0 Å². The first-order chi connectivity index (χ1) is 9.84. The molecule has 0 aliphatic rings. The van der Waals surface area contributed by atoms with Gasteiger partial charge in [0, 0.05) is 12.8 Å². The van der Waals surface area contributed by atoms with Crippen LogP contribution in [0.25, 0.3) is 0 Å². The van der Waals surface area contributed by atoms with Crippen molar-refractivity contribution in [2.24, 2.45) is 0 Å². The number of furan rings is 1. The third kappa shape index (κ3) is 4.30. The summed E-state index contributed by atoms with van der Waals surface area (Å²) in [6.07, 6.45) is -2.57. The Kier molecular flexibility index (Phi) is 4.25. The number of aryl methyl sites for hydroxylation is 2. The molecule has 0 aliphatic heterocycles. The summed E-state index contributed by atoms with van der Waals surface area (Å²) in [6, 6.07) is 3.55. The molecule has 2 rings (SSSR count). The van der Waals surface area contributed by atoms with Crippen LogP contribution in [0.15, 0.2) is 28.9 Å². The molecule has 0 radical (unpaired) electrons. The zero-order valence-electron chi connectivity index (χ0n) is 11.1. The number of hydrogen-bond acceptors (Lipinski definition) is 4. The lowest BCUT2D eigenvalue weighted by Gasteiger charge is -2.06. The standard InChI is InChI=1S/C13H12F3N3O2/c1-8-2-3-9(21-8)4-5-12(20)19-11-7-17-10(6-18-11)13(14,15)16/h2-3,6-7H,4-5H2,1H3,(H,18,19,20). The summed E-state index contributed by atoms with van der Waals surface area (Å²) in [5, 5.41) is 2.38. The maximum Gasteiger partial charge on any atom is 0.434 e. The van der Waals surface area contributed by atoms with E-state index in [0.29, 0.717) is 18.4 Å². The number of hydrogen-bond donors (Lipinski definition) is 1. The van der Waals surface area contributed by atoms with Gasteiger partial charge in [-0.05, 0) is 19.1 Å². The first-order valence-corrected chi connectivity index (χ1v) is 6.09. The monoisotopic (exact) mass is 299 g/mol. The van der Waals surface area contributed by atoms with Gasteiger partial charge in [0.2, 0.25) is 5.91 Å². The first-order valence-electron chi connectivity index (χ1n) is 6.09. The minimum absolute atomic E-state index is 0.0244. The molecule has 0 saturated carbocycles. The van der Waals surface area contributed by atoms with Gasteiger partial charge in [-0.3, -0.25) is 4.79 Å². The Morgan fingerprint density at radius 2 is 2.05 bits per heavy atom. The largest absolute Gasteiger partial charge is 0.466 e. The number of carbonyl (C=O) groups excluding carboxylic acids is 1. The molecule has 5 nitrogen and oxygen atoms in total. The van der Waals surface area contributed by atoms with Crippen LogP contribution in [0.1, 0.15) is 23.6 Å². The van der Waals surface area contributed by atoms with Gasteiger partial charge < -0.3 is 9.73 Å². The Balaban J connectivity index is 1.88. The van der Waals surface area contributed by atoms with Gasteiger partial charge in [0.1, 0.15) is 11.5 Å². The number of halogens is 3. The number of nitrogens with zero attached hydrogens (tertiary/aromatic N) is 2. The van der Waals surface area contributed by atoms with Crippen molar-refractivity contribution in [2.45, 2.75) is 25.9 Å². The van der Waals surface area contributed by atoms with Crippen molar-refractivity contribution in [3.8, 4) is 0 Å². The van der Waals surface area contributed by atoms with E-state index in [0.717, 1.165) is 12.0 Å². The van der Waals surface area contributed by atoms with Crippen molar-refractivity contribution in [3.05, 3.63) is 41.7 Å². The predicted octanol–water partition coefficient (Wildman–Crippen LogP) is 2.97. The van der Waals surface area contributed by atoms with Crippen LogP contribution in [0.5, 0.6) is 0 Å². The SMILES string of the molecule is Cc1ccc(CCC(=O)Nc2cnc(C(F)(F)F)cn2)o1. The van der Waals surface area contributed by atoms with Crippen molar-refractivity contribution >= 4 is 11.7 Å². The van der Waals surface area contributed by atoms with E-state index in [2.05, 4.69) is 15.3 Å². The summed E-state index contributed by atoms with van der Waals surface area (Å²) < 4.78 is 42.2. The van der Waals surface area contributed by atoms with Crippen LogP contribution in [0.3, 0.4) is 0 Å². The average molecular weight is 299 g/mol. The predicted molar refractivity (Wildman–Crippen MR) is 67.4 cm³/mol. The molecule has 0 aliphatic carbocycles. The topological polar surface area (TPSA) is 68.0 Å². The molecule has 2 heterocycles. The van der Waals surface area contributed by atoms with E-state index in [1.54, 1.807) is 19.1 Å². The molecule has 0 unspecified atom stereocenters. The summed E-state index contributed by atoms with van der Waals surface area (Å²) in [4.78, 5) is 18.3. The number of nitrogens with one attached hydrogen (secondary N) is 1. The van der Waals surface area contributed by atoms with Crippen molar-refractivity contribution in [1.82, 2.24) is 9.97 Å². The van der Waals surface area contributed by atoms with Gasteiger partial charge in [-0.25, -0.2) is 9.97 Å². The molecular weight excluding hydrogens is 287 g/mol. The highest BCUT2D eigenvalue weighted by Crippen LogP contribution is 2.26. The van der Waals surface area contributed by atoms with E-state index in [1.165, 1.54) is 0 Å². The average Bonchev–Trinajstić information content (AvgIpc) is 2.82. The smallest absolute Gasteiger partial charge is 0.434 e. The fraction of sp³-hybridized carbons (Fsp3) is 0.308. The third-order valence-electron chi connectivity index (χ3n) is 2.60. The molecular formula is C13H12F3N3O2. The van der Waals surface area contributed by atoms with E-state index < -0.39 is 11.9 Å². The fourth-order valence-electron chi connectivity index (χ4n) is 1.60. The number of amides is 1. The van der Waals surface area contributed by atoms with Crippen LogP contribution in [-0.4, -0.2) is 15.9 Å². The second kappa shape index (κ2) is 5.94. The van der Waals surface area contributed by atoms with Gasteiger partial charge in [-0.2, -0.15) is 13.2 Å². The Morgan fingerprint density at radius 3 is 2.57 bits per heavy atom.